The lowest BCUT2D eigenvalue weighted by Gasteiger charge is -2.22. The summed E-state index contributed by atoms with van der Waals surface area (Å²) in [6.07, 6.45) is 0.546. The first-order valence-corrected chi connectivity index (χ1v) is 11.8. The number of aromatic nitrogens is 2. The van der Waals surface area contributed by atoms with Crippen LogP contribution in [0.1, 0.15) is 23.6 Å². The molecule has 9 nitrogen and oxygen atoms in total. The Morgan fingerprint density at radius 3 is 2.58 bits per heavy atom. The zero-order valence-electron chi connectivity index (χ0n) is 17.7. The molecule has 0 aliphatic carbocycles. The number of nitrogen functional groups attached to an aromatic ring is 1. The van der Waals surface area contributed by atoms with Gasteiger partial charge >= 0.3 is 5.97 Å². The first-order chi connectivity index (χ1) is 16.0. The van der Waals surface area contributed by atoms with Crippen LogP contribution in [0.2, 0.25) is 0 Å². The van der Waals surface area contributed by atoms with E-state index in [4.69, 9.17) is 15.2 Å². The number of carbonyl (C=O) groups is 2. The number of nitrogens with two attached hydrogens (primary N) is 1. The summed E-state index contributed by atoms with van der Waals surface area (Å²) in [6, 6.07) is 16.9. The smallest absolute Gasteiger partial charge is 0.316 e. The summed E-state index contributed by atoms with van der Waals surface area (Å²) < 4.78 is 11.0. The van der Waals surface area contributed by atoms with Crippen LogP contribution in [0.15, 0.2) is 64.0 Å². The number of hydrogen-bond acceptors (Lipinski definition) is 10. The van der Waals surface area contributed by atoms with Crippen LogP contribution in [0.4, 0.5) is 5.13 Å². The highest BCUT2D eigenvalue weighted by atomic mass is 32.2. The molecule has 2 aromatic carbocycles. The van der Waals surface area contributed by atoms with E-state index in [1.54, 1.807) is 7.11 Å². The molecule has 1 aromatic heterocycles. The highest BCUT2D eigenvalue weighted by Gasteiger charge is 2.33. The summed E-state index contributed by atoms with van der Waals surface area (Å²) in [6.45, 7) is -0.407. The Hall–Kier alpha value is -3.44. The SMILES string of the molecule is COc1ccc(C2CC(c3ccccc3)=NN2C(=O)COC(=O)CSc2nnc(N)s2)cc1. The minimum absolute atomic E-state index is 0.00234. The van der Waals surface area contributed by atoms with E-state index in [2.05, 4.69) is 15.3 Å². The number of benzene rings is 2. The van der Waals surface area contributed by atoms with Gasteiger partial charge in [-0.3, -0.25) is 9.59 Å². The maximum Gasteiger partial charge on any atom is 0.316 e. The fraction of sp³-hybridized carbons (Fsp3) is 0.227. The van der Waals surface area contributed by atoms with Crippen LogP contribution < -0.4 is 10.5 Å². The molecule has 1 aliphatic rings. The van der Waals surface area contributed by atoms with Crippen LogP contribution in [-0.2, 0) is 14.3 Å². The van der Waals surface area contributed by atoms with Crippen LogP contribution in [0.3, 0.4) is 0 Å². The van der Waals surface area contributed by atoms with Crippen molar-refractivity contribution in [3.05, 3.63) is 65.7 Å². The lowest BCUT2D eigenvalue weighted by Crippen LogP contribution is -2.31. The van der Waals surface area contributed by atoms with Gasteiger partial charge in [0.2, 0.25) is 5.13 Å². The lowest BCUT2D eigenvalue weighted by molar-refractivity contribution is -0.150. The Morgan fingerprint density at radius 1 is 1.15 bits per heavy atom. The van der Waals surface area contributed by atoms with Crippen molar-refractivity contribution in [2.45, 2.75) is 16.8 Å². The number of methoxy groups -OCH3 is 1. The number of nitrogens with zero attached hydrogens (tertiary/aromatic N) is 4. The third-order valence-electron chi connectivity index (χ3n) is 4.87. The van der Waals surface area contributed by atoms with Crippen molar-refractivity contribution in [3.63, 3.8) is 0 Å². The molecule has 2 N–H and O–H groups in total. The summed E-state index contributed by atoms with van der Waals surface area (Å²) in [4.78, 5) is 25.1. The van der Waals surface area contributed by atoms with Gasteiger partial charge in [-0.15, -0.1) is 10.2 Å². The Balaban J connectivity index is 1.44. The van der Waals surface area contributed by atoms with E-state index in [0.29, 0.717) is 15.9 Å². The van der Waals surface area contributed by atoms with Crippen molar-refractivity contribution in [2.24, 2.45) is 5.10 Å². The molecular formula is C22H21N5O4S2. The molecule has 11 heteroatoms. The van der Waals surface area contributed by atoms with E-state index in [-0.39, 0.29) is 11.8 Å². The number of hydrogen-bond donors (Lipinski definition) is 1. The number of carbonyl (C=O) groups excluding carboxylic acids is 2. The molecule has 1 unspecified atom stereocenters. The van der Waals surface area contributed by atoms with Crippen molar-refractivity contribution >= 4 is 45.8 Å². The van der Waals surface area contributed by atoms with Gasteiger partial charge in [0.05, 0.1) is 24.6 Å². The fourth-order valence-corrected chi connectivity index (χ4v) is 4.71. The maximum absolute atomic E-state index is 13.0. The number of hydrazone groups is 1. The molecule has 1 atom stereocenters. The average Bonchev–Trinajstić information content (AvgIpc) is 3.48. The van der Waals surface area contributed by atoms with Crippen molar-refractivity contribution < 1.29 is 19.1 Å². The third-order valence-corrected chi connectivity index (χ3v) is 6.72. The highest BCUT2D eigenvalue weighted by molar-refractivity contribution is 8.01. The normalized spacial score (nSPS) is 15.2. The largest absolute Gasteiger partial charge is 0.497 e. The average molecular weight is 484 g/mol. The summed E-state index contributed by atoms with van der Waals surface area (Å²) >= 11 is 2.34. The van der Waals surface area contributed by atoms with E-state index in [9.17, 15) is 9.59 Å². The van der Waals surface area contributed by atoms with E-state index >= 15 is 0 Å². The Kier molecular flexibility index (Phi) is 7.20. The second kappa shape index (κ2) is 10.5. The van der Waals surface area contributed by atoms with Crippen LogP contribution in [0.25, 0.3) is 0 Å². The van der Waals surface area contributed by atoms with Crippen molar-refractivity contribution in [2.75, 3.05) is 25.2 Å². The summed E-state index contributed by atoms with van der Waals surface area (Å²) in [5.41, 5.74) is 8.17. The zero-order valence-corrected chi connectivity index (χ0v) is 19.3. The molecule has 3 aromatic rings. The standard InChI is InChI=1S/C22H21N5O4S2/c1-30-16-9-7-15(8-10-16)18-11-17(14-5-3-2-4-6-14)26-27(18)19(28)12-31-20(29)13-32-22-25-24-21(23)33-22/h2-10,18H,11-13H2,1H3,(H2,23,24). The second-order valence-electron chi connectivity index (χ2n) is 7.00. The van der Waals surface area contributed by atoms with Gasteiger partial charge in [0.25, 0.3) is 5.91 Å². The molecule has 0 spiro atoms. The first-order valence-electron chi connectivity index (χ1n) is 10.00. The lowest BCUT2D eigenvalue weighted by atomic mass is 9.98. The predicted octanol–water partition coefficient (Wildman–Crippen LogP) is 3.14. The van der Waals surface area contributed by atoms with Gasteiger partial charge in [-0.25, -0.2) is 5.01 Å². The third kappa shape index (κ3) is 5.68. The van der Waals surface area contributed by atoms with Gasteiger partial charge < -0.3 is 15.2 Å². The first kappa shape index (κ1) is 22.7. The molecule has 0 saturated carbocycles. The topological polar surface area (TPSA) is 120 Å². The highest BCUT2D eigenvalue weighted by Crippen LogP contribution is 2.33. The van der Waals surface area contributed by atoms with Crippen LogP contribution >= 0.6 is 23.1 Å². The molecule has 4 rings (SSSR count). The molecule has 170 valence electrons. The van der Waals surface area contributed by atoms with E-state index in [1.165, 1.54) is 16.3 Å². The number of esters is 1. The van der Waals surface area contributed by atoms with Crippen LogP contribution in [-0.4, -0.2) is 52.3 Å². The molecule has 0 radical (unpaired) electrons. The van der Waals surface area contributed by atoms with E-state index in [0.717, 1.165) is 34.3 Å². The molecular weight excluding hydrogens is 462 g/mol. The minimum atomic E-state index is -0.533. The van der Waals surface area contributed by atoms with Gasteiger partial charge in [0.15, 0.2) is 10.9 Å². The molecule has 1 amide bonds. The Morgan fingerprint density at radius 2 is 1.91 bits per heavy atom. The van der Waals surface area contributed by atoms with Crippen LogP contribution in [0, 0.1) is 0 Å². The predicted molar refractivity (Wildman–Crippen MR) is 126 cm³/mol. The maximum atomic E-state index is 13.0. The van der Waals surface area contributed by atoms with E-state index < -0.39 is 18.5 Å². The minimum Gasteiger partial charge on any atom is -0.497 e. The van der Waals surface area contributed by atoms with Crippen molar-refractivity contribution in [1.82, 2.24) is 15.2 Å². The zero-order chi connectivity index (χ0) is 23.2. The van der Waals surface area contributed by atoms with E-state index in [1.807, 2.05) is 54.6 Å². The molecule has 0 fully saturated rings. The number of ether oxygens (including phenoxy) is 2. The molecule has 1 aliphatic heterocycles. The molecule has 2 heterocycles. The van der Waals surface area contributed by atoms with Gasteiger partial charge in [-0.2, -0.15) is 5.10 Å². The number of amides is 1. The fourth-order valence-electron chi connectivity index (χ4n) is 3.28. The summed E-state index contributed by atoms with van der Waals surface area (Å²) in [5, 5.41) is 13.8. The number of anilines is 1. The van der Waals surface area contributed by atoms with Gasteiger partial charge in [0.1, 0.15) is 5.75 Å². The monoisotopic (exact) mass is 483 g/mol. The molecule has 0 bridgehead atoms. The molecule has 33 heavy (non-hydrogen) atoms. The van der Waals surface area contributed by atoms with Crippen LogP contribution in [0.5, 0.6) is 5.75 Å². The van der Waals surface area contributed by atoms with Gasteiger partial charge in [0, 0.05) is 6.42 Å². The van der Waals surface area contributed by atoms with Crippen molar-refractivity contribution in [3.8, 4) is 5.75 Å². The quantitative estimate of drug-likeness (QED) is 0.383. The Bertz CT molecular complexity index is 1150. The second-order valence-corrected chi connectivity index (χ2v) is 9.23. The number of rotatable bonds is 8. The van der Waals surface area contributed by atoms with Crippen molar-refractivity contribution in [1.29, 1.82) is 0 Å². The molecule has 0 saturated heterocycles. The van der Waals surface area contributed by atoms with Gasteiger partial charge in [-0.1, -0.05) is 65.6 Å². The Labute approximate surface area is 198 Å². The summed E-state index contributed by atoms with van der Waals surface area (Å²) in [5.74, 6) is -0.209. The van der Waals surface area contributed by atoms with Gasteiger partial charge in [-0.05, 0) is 23.3 Å². The summed E-state index contributed by atoms with van der Waals surface area (Å²) in [7, 11) is 1.60. The number of thioether (sulfide) groups is 1.